The van der Waals surface area contributed by atoms with Crippen molar-refractivity contribution >= 4 is 47.0 Å². The molecule has 0 unspecified atom stereocenters. The van der Waals surface area contributed by atoms with Crippen molar-refractivity contribution in [2.24, 2.45) is 0 Å². The van der Waals surface area contributed by atoms with Crippen LogP contribution in [0.25, 0.3) is 40.8 Å². The summed E-state index contributed by atoms with van der Waals surface area (Å²) in [5.41, 5.74) is 1.23. The molecule has 13 heteroatoms. The lowest BCUT2D eigenvalue weighted by Gasteiger charge is -2.12. The van der Waals surface area contributed by atoms with Gasteiger partial charge in [0, 0.05) is 17.7 Å². The molecule has 5 rings (SSSR count). The average molecular weight is 529 g/mol. The van der Waals surface area contributed by atoms with Gasteiger partial charge >= 0.3 is 0 Å². The van der Waals surface area contributed by atoms with Crippen LogP contribution in [0.4, 0.5) is 0 Å². The van der Waals surface area contributed by atoms with E-state index in [4.69, 9.17) is 39.2 Å². The van der Waals surface area contributed by atoms with Gasteiger partial charge in [0.05, 0.1) is 20.8 Å². The summed E-state index contributed by atoms with van der Waals surface area (Å²) in [5.74, 6) is 0.424. The van der Waals surface area contributed by atoms with E-state index >= 15 is 0 Å². The number of para-hydroxylation sites is 1. The van der Waals surface area contributed by atoms with Crippen molar-refractivity contribution in [2.75, 3.05) is 0 Å². The van der Waals surface area contributed by atoms with Gasteiger partial charge in [-0.25, -0.2) is 9.97 Å². The molecule has 2 N–H and O–H groups in total. The van der Waals surface area contributed by atoms with Gasteiger partial charge in [0.15, 0.2) is 17.4 Å². The third kappa shape index (κ3) is 4.42. The minimum atomic E-state index is -0.272. The maximum Gasteiger partial charge on any atom is 0.266 e. The van der Waals surface area contributed by atoms with Crippen LogP contribution in [0.3, 0.4) is 0 Å². The number of hydrogen-bond donors (Lipinski definition) is 2. The Labute approximate surface area is 212 Å². The lowest BCUT2D eigenvalue weighted by molar-refractivity contribution is 0.451. The van der Waals surface area contributed by atoms with Gasteiger partial charge in [-0.05, 0) is 30.3 Å². The molecule has 0 radical (unpaired) electrons. The zero-order valence-electron chi connectivity index (χ0n) is 17.3. The van der Waals surface area contributed by atoms with Crippen LogP contribution in [-0.4, -0.2) is 45.1 Å². The minimum Gasteiger partial charge on any atom is -0.505 e. The lowest BCUT2D eigenvalue weighted by Crippen LogP contribution is -2.01. The SMILES string of the molecule is Oc1cc(-c2nnc(/C=C/c3nnc(-c4ccc(Cl)c(O)c4Cl)n3-c3ccccc3Cl)o2)ncn1. The summed E-state index contributed by atoms with van der Waals surface area (Å²) in [6.45, 7) is 0. The van der Waals surface area contributed by atoms with E-state index in [9.17, 15) is 10.2 Å². The molecule has 10 nitrogen and oxygen atoms in total. The molecule has 0 aliphatic carbocycles. The van der Waals surface area contributed by atoms with Gasteiger partial charge in [0.1, 0.15) is 12.0 Å². The van der Waals surface area contributed by atoms with Crippen molar-refractivity contribution in [3.05, 3.63) is 75.6 Å². The third-order valence-corrected chi connectivity index (χ3v) is 5.78. The lowest BCUT2D eigenvalue weighted by atomic mass is 10.2. The molecule has 0 aliphatic heterocycles. The second-order valence-electron chi connectivity index (χ2n) is 6.97. The van der Waals surface area contributed by atoms with Gasteiger partial charge in [0.2, 0.25) is 11.8 Å². The summed E-state index contributed by atoms with van der Waals surface area (Å²) < 4.78 is 7.25. The van der Waals surface area contributed by atoms with E-state index in [1.54, 1.807) is 41.0 Å². The van der Waals surface area contributed by atoms with E-state index in [2.05, 4.69) is 30.4 Å². The molecule has 3 aromatic heterocycles. The Bertz CT molecular complexity index is 1580. The number of rotatable bonds is 5. The molecular formula is C22H12Cl3N7O3. The predicted octanol–water partition coefficient (Wildman–Crippen LogP) is 5.32. The van der Waals surface area contributed by atoms with Crippen LogP contribution >= 0.6 is 34.8 Å². The van der Waals surface area contributed by atoms with Crippen molar-refractivity contribution < 1.29 is 14.6 Å². The van der Waals surface area contributed by atoms with Crippen molar-refractivity contribution in [1.29, 1.82) is 0 Å². The normalized spacial score (nSPS) is 11.4. The van der Waals surface area contributed by atoms with E-state index in [1.165, 1.54) is 24.5 Å². The summed E-state index contributed by atoms with van der Waals surface area (Å²) in [6, 6.07) is 11.5. The van der Waals surface area contributed by atoms with Gasteiger partial charge in [0.25, 0.3) is 5.89 Å². The van der Waals surface area contributed by atoms with E-state index in [0.29, 0.717) is 27.9 Å². The Morgan fingerprint density at radius 1 is 0.857 bits per heavy atom. The van der Waals surface area contributed by atoms with E-state index < -0.39 is 0 Å². The second-order valence-corrected chi connectivity index (χ2v) is 8.16. The highest BCUT2D eigenvalue weighted by atomic mass is 35.5. The molecule has 0 saturated heterocycles. The molecule has 2 aromatic carbocycles. The molecule has 174 valence electrons. The maximum atomic E-state index is 10.2. The van der Waals surface area contributed by atoms with Gasteiger partial charge < -0.3 is 14.6 Å². The van der Waals surface area contributed by atoms with Gasteiger partial charge in [-0.2, -0.15) is 0 Å². The highest BCUT2D eigenvalue weighted by Crippen LogP contribution is 2.40. The highest BCUT2D eigenvalue weighted by molar-refractivity contribution is 6.38. The van der Waals surface area contributed by atoms with Crippen LogP contribution in [0.1, 0.15) is 11.7 Å². The number of hydrogen-bond acceptors (Lipinski definition) is 9. The smallest absolute Gasteiger partial charge is 0.266 e. The first-order valence-corrected chi connectivity index (χ1v) is 11.0. The van der Waals surface area contributed by atoms with Crippen LogP contribution in [0.15, 0.2) is 53.2 Å². The molecule has 35 heavy (non-hydrogen) atoms. The molecule has 0 saturated carbocycles. The van der Waals surface area contributed by atoms with E-state index in [0.717, 1.165) is 0 Å². The van der Waals surface area contributed by atoms with E-state index in [-0.39, 0.29) is 39.2 Å². The van der Waals surface area contributed by atoms with Crippen molar-refractivity contribution in [3.63, 3.8) is 0 Å². The fourth-order valence-electron chi connectivity index (χ4n) is 3.18. The molecule has 0 spiro atoms. The quantitative estimate of drug-likeness (QED) is 0.311. The van der Waals surface area contributed by atoms with Crippen LogP contribution in [0.5, 0.6) is 11.6 Å². The fourth-order valence-corrected chi connectivity index (χ4v) is 3.85. The number of benzene rings is 2. The number of phenols is 1. The van der Waals surface area contributed by atoms with E-state index in [1.807, 2.05) is 0 Å². The first-order chi connectivity index (χ1) is 16.9. The molecular weight excluding hydrogens is 517 g/mol. The molecule has 0 fully saturated rings. The van der Waals surface area contributed by atoms with Crippen molar-refractivity contribution in [1.82, 2.24) is 34.9 Å². The Morgan fingerprint density at radius 3 is 2.49 bits per heavy atom. The summed E-state index contributed by atoms with van der Waals surface area (Å²) in [5, 5.41) is 36.7. The number of phenolic OH excluding ortho intramolecular Hbond substituents is 1. The third-order valence-electron chi connectivity index (χ3n) is 4.78. The topological polar surface area (TPSA) is 136 Å². The number of halogens is 3. The fraction of sp³-hybridized carbons (Fsp3) is 0. The number of aromatic hydroxyl groups is 2. The largest absolute Gasteiger partial charge is 0.505 e. The Hall–Kier alpha value is -3.99. The summed E-state index contributed by atoms with van der Waals surface area (Å²) in [7, 11) is 0. The Kier molecular flexibility index (Phi) is 6.08. The standard InChI is InChI=1S/C22H12Cl3N7O3/c23-12-3-1-2-4-15(12)32-16(28-30-21(32)11-5-6-13(24)20(34)19(11)25)7-8-18-29-31-22(35-18)14-9-17(33)27-10-26-14/h1-10,34H,(H,26,27,33)/b8-7+. The second kappa shape index (κ2) is 9.34. The van der Waals surface area contributed by atoms with Crippen LogP contribution in [0.2, 0.25) is 15.1 Å². The molecule has 3 heterocycles. The van der Waals surface area contributed by atoms with Crippen molar-refractivity contribution in [2.45, 2.75) is 0 Å². The summed E-state index contributed by atoms with van der Waals surface area (Å²) >= 11 is 18.8. The monoisotopic (exact) mass is 527 g/mol. The van der Waals surface area contributed by atoms with Crippen molar-refractivity contribution in [3.8, 4) is 40.3 Å². The molecule has 5 aromatic rings. The molecule has 0 amide bonds. The summed E-state index contributed by atoms with van der Waals surface area (Å²) in [6.07, 6.45) is 4.30. The van der Waals surface area contributed by atoms with Crippen LogP contribution in [-0.2, 0) is 0 Å². The number of aromatic nitrogens is 7. The molecule has 0 bridgehead atoms. The Balaban J connectivity index is 1.58. The van der Waals surface area contributed by atoms with Gasteiger partial charge in [-0.3, -0.25) is 4.57 Å². The zero-order valence-corrected chi connectivity index (χ0v) is 19.6. The Morgan fingerprint density at radius 2 is 1.69 bits per heavy atom. The van der Waals surface area contributed by atoms with Gasteiger partial charge in [-0.15, -0.1) is 20.4 Å². The maximum absolute atomic E-state index is 10.2. The first kappa shape index (κ1) is 22.8. The van der Waals surface area contributed by atoms with Gasteiger partial charge in [-0.1, -0.05) is 46.9 Å². The zero-order chi connectivity index (χ0) is 24.5. The first-order valence-electron chi connectivity index (χ1n) is 9.83. The average Bonchev–Trinajstić information content (AvgIpc) is 3.49. The minimum absolute atomic E-state index is 0.0170. The molecule has 0 atom stereocenters. The van der Waals surface area contributed by atoms with Crippen LogP contribution < -0.4 is 0 Å². The number of nitrogens with zero attached hydrogens (tertiary/aromatic N) is 7. The predicted molar refractivity (Wildman–Crippen MR) is 129 cm³/mol. The molecule has 0 aliphatic rings. The highest BCUT2D eigenvalue weighted by Gasteiger charge is 2.21. The van der Waals surface area contributed by atoms with Crippen LogP contribution in [0, 0.1) is 0 Å². The summed E-state index contributed by atoms with van der Waals surface area (Å²) in [4.78, 5) is 7.61.